The van der Waals surface area contributed by atoms with E-state index in [9.17, 15) is 13.0 Å². The number of unbranched alkanes of at least 4 members (excludes halogenated alkanes) is 21. The molecule has 0 saturated heterocycles. The Labute approximate surface area is 348 Å². The molecule has 0 fully saturated rings. The first-order valence-electron chi connectivity index (χ1n) is 18.3. The fourth-order valence-corrected chi connectivity index (χ4v) is 5.92. The number of hydrogen-bond donors (Lipinski definition) is 0. The van der Waals surface area contributed by atoms with Crippen molar-refractivity contribution in [2.75, 3.05) is 19.8 Å². The zero-order chi connectivity index (χ0) is 33.6. The van der Waals surface area contributed by atoms with E-state index in [-0.39, 0.29) is 85.3 Å². The summed E-state index contributed by atoms with van der Waals surface area (Å²) in [5, 5.41) is 0. The first kappa shape index (κ1) is 46.8. The molecule has 0 aromatic heterocycles. The Morgan fingerprint density at radius 3 is 1.06 bits per heavy atom. The van der Waals surface area contributed by atoms with Crippen molar-refractivity contribution in [2.24, 2.45) is 0 Å². The van der Waals surface area contributed by atoms with E-state index in [0.717, 1.165) is 77.0 Å². The van der Waals surface area contributed by atoms with E-state index in [1.54, 1.807) is 0 Å². The van der Waals surface area contributed by atoms with Gasteiger partial charge in [0.2, 0.25) is 5.75 Å². The van der Waals surface area contributed by atoms with Crippen LogP contribution in [0.2, 0.25) is 0 Å². The number of allylic oxidation sites excluding steroid dienone is 3. The van der Waals surface area contributed by atoms with Crippen molar-refractivity contribution < 1.29 is 96.1 Å². The molecule has 6 nitrogen and oxygen atoms in total. The third kappa shape index (κ3) is 26.3. The summed E-state index contributed by atoms with van der Waals surface area (Å²) in [5.74, 6) is 0.956. The average Bonchev–Trinajstić information content (AvgIpc) is 3.03. The largest absolute Gasteiger partial charge is 1.00 e. The third-order valence-corrected chi connectivity index (χ3v) is 9.02. The monoisotopic (exact) mass is 794 g/mol. The van der Waals surface area contributed by atoms with E-state index in [0.29, 0.717) is 25.6 Å². The number of rotatable bonds is 34. The van der Waals surface area contributed by atoms with Crippen molar-refractivity contribution in [3.63, 3.8) is 0 Å². The molecule has 0 saturated carbocycles. The van der Waals surface area contributed by atoms with Crippen LogP contribution in [0.1, 0.15) is 154 Å². The van der Waals surface area contributed by atoms with Gasteiger partial charge in [-0.3, -0.25) is 0 Å². The first-order valence-corrected chi connectivity index (χ1v) is 19.7. The average molecular weight is 795 g/mol. The topological polar surface area (TPSA) is 84.9 Å². The molecule has 1 aromatic carbocycles. The van der Waals surface area contributed by atoms with E-state index in [1.165, 1.54) is 89.2 Å². The fraction of sp³-hybridized carbons (Fsp3) is 0.692. The van der Waals surface area contributed by atoms with Crippen LogP contribution in [-0.4, -0.2) is 32.8 Å². The molecule has 1 aromatic rings. The van der Waals surface area contributed by atoms with Crippen LogP contribution in [0.25, 0.3) is 0 Å². The molecular formula is C39H65CsO6S. The van der Waals surface area contributed by atoms with Crippen molar-refractivity contribution >= 4 is 10.1 Å². The molecule has 264 valence electrons. The van der Waals surface area contributed by atoms with Crippen molar-refractivity contribution in [3.05, 3.63) is 50.1 Å². The predicted molar refractivity (Wildman–Crippen MR) is 192 cm³/mol. The maximum Gasteiger partial charge on any atom is 1.00 e. The van der Waals surface area contributed by atoms with Gasteiger partial charge in [0.25, 0.3) is 0 Å². The van der Waals surface area contributed by atoms with Crippen LogP contribution in [-0.2, 0) is 10.1 Å². The maximum atomic E-state index is 12.1. The molecule has 0 heterocycles. The van der Waals surface area contributed by atoms with Crippen LogP contribution in [0.15, 0.2) is 55.0 Å². The van der Waals surface area contributed by atoms with E-state index < -0.39 is 10.1 Å². The Balaban J connectivity index is 0.0000212. The molecule has 0 atom stereocenters. The SMILES string of the molecule is C=CCCCCCCCCCOc1cc(S(=O)(=O)[O-])cc(OCCCCCCCCCC=C)c1OCCCCCCCCCC=C.[Cs+]. The van der Waals surface area contributed by atoms with Crippen LogP contribution in [0.3, 0.4) is 0 Å². The van der Waals surface area contributed by atoms with Gasteiger partial charge in [0.1, 0.15) is 10.1 Å². The molecule has 0 amide bonds. The third-order valence-electron chi connectivity index (χ3n) is 8.20. The van der Waals surface area contributed by atoms with Gasteiger partial charge in [-0.1, -0.05) is 115 Å². The molecule has 0 unspecified atom stereocenters. The van der Waals surface area contributed by atoms with Gasteiger partial charge in [-0.15, -0.1) is 19.7 Å². The van der Waals surface area contributed by atoms with Gasteiger partial charge in [-0.05, 0) is 57.8 Å². The Bertz CT molecular complexity index is 977. The van der Waals surface area contributed by atoms with Gasteiger partial charge in [0.05, 0.1) is 24.7 Å². The maximum absolute atomic E-state index is 12.1. The summed E-state index contributed by atoms with van der Waals surface area (Å²) in [7, 11) is -4.70. The van der Waals surface area contributed by atoms with E-state index in [2.05, 4.69) is 19.7 Å². The Morgan fingerprint density at radius 1 is 0.489 bits per heavy atom. The molecule has 8 heteroatoms. The number of ether oxygens (including phenoxy) is 3. The summed E-state index contributed by atoms with van der Waals surface area (Å²) >= 11 is 0. The molecule has 0 aliphatic carbocycles. The van der Waals surface area contributed by atoms with Crippen LogP contribution in [0.5, 0.6) is 17.2 Å². The smallest absolute Gasteiger partial charge is 0.744 e. The molecule has 0 spiro atoms. The summed E-state index contributed by atoms with van der Waals surface area (Å²) in [6, 6.07) is 2.61. The van der Waals surface area contributed by atoms with Gasteiger partial charge < -0.3 is 18.8 Å². The minimum Gasteiger partial charge on any atom is -0.744 e. The van der Waals surface area contributed by atoms with Crippen LogP contribution in [0.4, 0.5) is 0 Å². The van der Waals surface area contributed by atoms with Crippen LogP contribution in [0, 0.1) is 0 Å². The first-order chi connectivity index (χ1) is 22.4. The molecule has 0 aliphatic rings. The zero-order valence-electron chi connectivity index (χ0n) is 30.0. The Morgan fingerprint density at radius 2 is 0.766 bits per heavy atom. The van der Waals surface area contributed by atoms with Crippen LogP contribution >= 0.6 is 0 Å². The summed E-state index contributed by atoms with van der Waals surface area (Å²) in [6.07, 6.45) is 32.9. The Kier molecular flexibility index (Phi) is 32.8. The molecule has 47 heavy (non-hydrogen) atoms. The normalized spacial score (nSPS) is 11.1. The quantitative estimate of drug-likeness (QED) is 0.0395. The predicted octanol–water partition coefficient (Wildman–Crippen LogP) is 8.65. The van der Waals surface area contributed by atoms with Gasteiger partial charge in [0, 0.05) is 12.1 Å². The second-order valence-corrected chi connectivity index (χ2v) is 13.8. The number of benzene rings is 1. The molecule has 0 N–H and O–H groups in total. The molecule has 0 aliphatic heterocycles. The van der Waals surface area contributed by atoms with Crippen LogP contribution < -0.4 is 83.1 Å². The molecule has 1 rings (SSSR count). The summed E-state index contributed by atoms with van der Waals surface area (Å²) in [4.78, 5) is -0.347. The van der Waals surface area contributed by atoms with Gasteiger partial charge in [0.15, 0.2) is 11.5 Å². The summed E-state index contributed by atoms with van der Waals surface area (Å²) in [6.45, 7) is 12.7. The van der Waals surface area contributed by atoms with Crippen molar-refractivity contribution in [2.45, 2.75) is 159 Å². The van der Waals surface area contributed by atoms with Crippen molar-refractivity contribution in [3.8, 4) is 17.2 Å². The Hall–Kier alpha value is -0.198. The van der Waals surface area contributed by atoms with Crippen molar-refractivity contribution in [1.82, 2.24) is 0 Å². The van der Waals surface area contributed by atoms with Crippen molar-refractivity contribution in [1.29, 1.82) is 0 Å². The molecule has 0 bridgehead atoms. The van der Waals surface area contributed by atoms with E-state index in [4.69, 9.17) is 14.2 Å². The van der Waals surface area contributed by atoms with Gasteiger partial charge in [-0.2, -0.15) is 0 Å². The minimum atomic E-state index is -4.70. The minimum absolute atomic E-state index is 0. The van der Waals surface area contributed by atoms with Gasteiger partial charge >= 0.3 is 68.9 Å². The second-order valence-electron chi connectivity index (χ2n) is 12.4. The fourth-order valence-electron chi connectivity index (χ4n) is 5.42. The van der Waals surface area contributed by atoms with E-state index >= 15 is 0 Å². The standard InChI is InChI=1S/C39H66O6S.Cs/c1-4-7-10-13-16-19-22-25-28-31-43-37-34-36(46(40,41)42)35-38(44-32-29-26-23-20-17-14-11-8-5-2)39(37)45-33-30-27-24-21-18-15-12-9-6-3;/h4-6,34-35H,1-3,7-33H2,(H,40,41,42);/q;+1/p-1. The zero-order valence-corrected chi connectivity index (χ0v) is 37.1. The van der Waals surface area contributed by atoms with Gasteiger partial charge in [-0.25, -0.2) is 8.42 Å². The molecular weight excluding hydrogens is 729 g/mol. The molecule has 0 radical (unpaired) electrons. The second kappa shape index (κ2) is 33.0. The summed E-state index contributed by atoms with van der Waals surface area (Å²) < 4.78 is 54.5. The van der Waals surface area contributed by atoms with E-state index in [1.807, 2.05) is 18.2 Å². The number of hydrogen-bond acceptors (Lipinski definition) is 6. The summed E-state index contributed by atoms with van der Waals surface area (Å²) in [5.41, 5.74) is 0.